The Hall–Kier alpha value is -2.24. The minimum Gasteiger partial charge on any atom is -0.463 e. The topological polar surface area (TPSA) is 77.8 Å². The summed E-state index contributed by atoms with van der Waals surface area (Å²) in [5.41, 5.74) is 0.303. The first-order chi connectivity index (χ1) is 10.3. The van der Waals surface area contributed by atoms with Gasteiger partial charge in [-0.1, -0.05) is 6.92 Å². The zero-order chi connectivity index (χ0) is 16.8. The number of esters is 1. The van der Waals surface area contributed by atoms with E-state index in [0.29, 0.717) is 30.0 Å². The molecule has 0 aromatic carbocycles. The Labute approximate surface area is 130 Å². The number of hydrogen-bond acceptors (Lipinski definition) is 5. The van der Waals surface area contributed by atoms with Crippen LogP contribution in [0.3, 0.4) is 0 Å². The van der Waals surface area contributed by atoms with E-state index < -0.39 is 17.7 Å². The van der Waals surface area contributed by atoms with Crippen molar-refractivity contribution < 1.29 is 23.5 Å². The summed E-state index contributed by atoms with van der Waals surface area (Å²) in [5.74, 6) is -0.0274. The number of carbonyl (C=O) groups excluding carboxylic acids is 2. The molecule has 122 valence electrons. The van der Waals surface area contributed by atoms with Crippen LogP contribution in [0.15, 0.2) is 22.3 Å². The fraction of sp³-hybridized carbons (Fsp3) is 0.500. The summed E-state index contributed by atoms with van der Waals surface area (Å²) < 4.78 is 15.5. The number of amides is 1. The van der Waals surface area contributed by atoms with Gasteiger partial charge in [-0.2, -0.15) is 0 Å². The van der Waals surface area contributed by atoms with E-state index in [-0.39, 0.29) is 0 Å². The second-order valence-corrected chi connectivity index (χ2v) is 5.57. The number of hydrogen-bond donors (Lipinski definition) is 1. The smallest absolute Gasteiger partial charge is 0.412 e. The molecule has 1 rings (SSSR count). The molecule has 0 atom stereocenters. The fourth-order valence-corrected chi connectivity index (χ4v) is 1.64. The molecule has 0 aliphatic heterocycles. The van der Waals surface area contributed by atoms with Crippen molar-refractivity contribution in [3.05, 3.63) is 23.7 Å². The Morgan fingerprint density at radius 2 is 2.00 bits per heavy atom. The number of carbonyl (C=O) groups is 2. The first kappa shape index (κ1) is 17.8. The van der Waals surface area contributed by atoms with E-state index in [1.165, 1.54) is 6.26 Å². The van der Waals surface area contributed by atoms with Crippen molar-refractivity contribution in [1.82, 2.24) is 0 Å². The van der Waals surface area contributed by atoms with Gasteiger partial charge < -0.3 is 13.9 Å². The predicted molar refractivity (Wildman–Crippen MR) is 83.5 cm³/mol. The van der Waals surface area contributed by atoms with Gasteiger partial charge in [0.2, 0.25) is 0 Å². The number of nitrogens with one attached hydrogen (secondary N) is 1. The molecule has 1 aromatic heterocycles. The maximum atomic E-state index is 11.8. The maximum absolute atomic E-state index is 11.8. The van der Waals surface area contributed by atoms with Crippen molar-refractivity contribution >= 4 is 23.8 Å². The lowest BCUT2D eigenvalue weighted by Crippen LogP contribution is -2.27. The molecule has 1 amide bonds. The molecule has 0 aliphatic carbocycles. The summed E-state index contributed by atoms with van der Waals surface area (Å²) in [6.45, 7) is 9.22. The zero-order valence-electron chi connectivity index (χ0n) is 13.7. The molecule has 6 nitrogen and oxygen atoms in total. The summed E-state index contributed by atoms with van der Waals surface area (Å²) in [4.78, 5) is 23.6. The Morgan fingerprint density at radius 3 is 2.55 bits per heavy atom. The zero-order valence-corrected chi connectivity index (χ0v) is 13.7. The van der Waals surface area contributed by atoms with E-state index in [2.05, 4.69) is 5.32 Å². The van der Waals surface area contributed by atoms with E-state index in [0.717, 1.165) is 0 Å². The summed E-state index contributed by atoms with van der Waals surface area (Å²) >= 11 is 0. The average Bonchev–Trinajstić information content (AvgIpc) is 2.80. The average molecular weight is 309 g/mol. The van der Waals surface area contributed by atoms with E-state index >= 15 is 0 Å². The lowest BCUT2D eigenvalue weighted by Gasteiger charge is -2.19. The summed E-state index contributed by atoms with van der Waals surface area (Å²) in [5, 5.41) is 2.60. The highest BCUT2D eigenvalue weighted by molar-refractivity contribution is 5.95. The van der Waals surface area contributed by atoms with Gasteiger partial charge in [0.15, 0.2) is 5.76 Å². The second kappa shape index (κ2) is 7.68. The van der Waals surface area contributed by atoms with E-state index in [9.17, 15) is 9.59 Å². The van der Waals surface area contributed by atoms with Crippen LogP contribution >= 0.6 is 0 Å². The van der Waals surface area contributed by atoms with E-state index in [4.69, 9.17) is 13.9 Å². The molecular formula is C16H23NO5. The van der Waals surface area contributed by atoms with Crippen LogP contribution in [0.5, 0.6) is 0 Å². The predicted octanol–water partition coefficient (Wildman–Crippen LogP) is 3.98. The summed E-state index contributed by atoms with van der Waals surface area (Å²) in [7, 11) is 0. The highest BCUT2D eigenvalue weighted by Gasteiger charge is 2.18. The summed E-state index contributed by atoms with van der Waals surface area (Å²) in [6, 6.07) is 1.59. The van der Waals surface area contributed by atoms with Crippen LogP contribution in [0.1, 0.15) is 46.8 Å². The molecule has 1 heterocycles. The molecule has 6 heteroatoms. The normalized spacial score (nSPS) is 12.0. The van der Waals surface area contributed by atoms with Crippen LogP contribution in [0, 0.1) is 0 Å². The lowest BCUT2D eigenvalue weighted by atomic mass is 10.1. The van der Waals surface area contributed by atoms with E-state index in [1.807, 2.05) is 6.92 Å². The molecule has 0 spiro atoms. The van der Waals surface area contributed by atoms with Gasteiger partial charge >= 0.3 is 12.1 Å². The van der Waals surface area contributed by atoms with Crippen molar-refractivity contribution in [3.8, 4) is 0 Å². The lowest BCUT2D eigenvalue weighted by molar-refractivity contribution is -0.138. The van der Waals surface area contributed by atoms with Crippen molar-refractivity contribution in [2.75, 3.05) is 11.9 Å². The number of ether oxygens (including phenoxy) is 2. The number of rotatable bonds is 5. The van der Waals surface area contributed by atoms with Crippen LogP contribution < -0.4 is 5.32 Å². The highest BCUT2D eigenvalue weighted by Crippen LogP contribution is 2.22. The third kappa shape index (κ3) is 5.63. The first-order valence-corrected chi connectivity index (χ1v) is 7.22. The molecule has 0 aliphatic rings. The SMILES string of the molecule is CCOC(=O)/C(=C/c1occc1NC(=O)OC(C)(C)C)CC. The molecule has 0 radical (unpaired) electrons. The molecule has 0 fully saturated rings. The summed E-state index contributed by atoms with van der Waals surface area (Å²) in [6.07, 6.45) is 2.89. The standard InChI is InChI=1S/C16H23NO5/c1-6-11(14(18)20-7-2)10-13-12(8-9-21-13)17-15(19)22-16(3,4)5/h8-10H,6-7H2,1-5H3,(H,17,19)/b11-10+. The quantitative estimate of drug-likeness (QED) is 0.657. The molecule has 0 saturated carbocycles. The molecule has 0 unspecified atom stereocenters. The Bertz CT molecular complexity index is 551. The molecule has 1 N–H and O–H groups in total. The van der Waals surface area contributed by atoms with Gasteiger partial charge in [-0.05, 0) is 40.2 Å². The number of furan rings is 1. The Balaban J connectivity index is 2.88. The molecular weight excluding hydrogens is 286 g/mol. The van der Waals surface area contributed by atoms with Crippen LogP contribution in [0.2, 0.25) is 0 Å². The maximum Gasteiger partial charge on any atom is 0.412 e. The second-order valence-electron chi connectivity index (χ2n) is 5.57. The van der Waals surface area contributed by atoms with Gasteiger partial charge in [-0.15, -0.1) is 0 Å². The molecule has 1 aromatic rings. The fourth-order valence-electron chi connectivity index (χ4n) is 1.64. The van der Waals surface area contributed by atoms with Crippen molar-refractivity contribution in [2.45, 2.75) is 46.6 Å². The van der Waals surface area contributed by atoms with Gasteiger partial charge in [-0.25, -0.2) is 9.59 Å². The van der Waals surface area contributed by atoms with Gasteiger partial charge in [0.25, 0.3) is 0 Å². The van der Waals surface area contributed by atoms with Gasteiger partial charge in [0, 0.05) is 11.6 Å². The van der Waals surface area contributed by atoms with Crippen molar-refractivity contribution in [1.29, 1.82) is 0 Å². The highest BCUT2D eigenvalue weighted by atomic mass is 16.6. The Kier molecular flexibility index (Phi) is 6.22. The van der Waals surface area contributed by atoms with Crippen LogP contribution in [0.25, 0.3) is 6.08 Å². The van der Waals surface area contributed by atoms with Crippen LogP contribution in [-0.4, -0.2) is 24.3 Å². The van der Waals surface area contributed by atoms with Crippen molar-refractivity contribution in [2.24, 2.45) is 0 Å². The third-order valence-corrected chi connectivity index (χ3v) is 2.55. The van der Waals surface area contributed by atoms with Gasteiger partial charge in [0.1, 0.15) is 5.60 Å². The van der Waals surface area contributed by atoms with Crippen LogP contribution in [0.4, 0.5) is 10.5 Å². The first-order valence-electron chi connectivity index (χ1n) is 7.22. The largest absolute Gasteiger partial charge is 0.463 e. The monoisotopic (exact) mass is 309 g/mol. The number of anilines is 1. The minimum atomic E-state index is -0.594. The molecule has 0 bridgehead atoms. The van der Waals surface area contributed by atoms with E-state index in [1.54, 1.807) is 39.8 Å². The Morgan fingerprint density at radius 1 is 1.32 bits per heavy atom. The minimum absolute atomic E-state index is 0.303. The molecule has 0 saturated heterocycles. The molecule has 22 heavy (non-hydrogen) atoms. The van der Waals surface area contributed by atoms with Crippen molar-refractivity contribution in [3.63, 3.8) is 0 Å². The van der Waals surface area contributed by atoms with Gasteiger partial charge in [-0.3, -0.25) is 5.32 Å². The van der Waals surface area contributed by atoms with Gasteiger partial charge in [0.05, 0.1) is 18.6 Å². The van der Waals surface area contributed by atoms with Crippen LogP contribution in [-0.2, 0) is 14.3 Å². The third-order valence-electron chi connectivity index (χ3n) is 2.55.